The molecule has 0 unspecified atom stereocenters. The lowest BCUT2D eigenvalue weighted by atomic mass is 10.2. The first kappa shape index (κ1) is 14.9. The number of carbonyl (C=O) groups excluding carboxylic acids is 1. The van der Waals surface area contributed by atoms with Crippen LogP contribution in [0.1, 0.15) is 24.2 Å². The lowest BCUT2D eigenvalue weighted by Gasteiger charge is -2.08. The number of hydrogen-bond acceptors (Lipinski definition) is 2. The predicted molar refractivity (Wildman–Crippen MR) is 86.8 cm³/mol. The molecule has 20 heavy (non-hydrogen) atoms. The maximum absolute atomic E-state index is 12.2. The third-order valence-electron chi connectivity index (χ3n) is 2.57. The highest BCUT2D eigenvalue weighted by Crippen LogP contribution is 2.24. The van der Waals surface area contributed by atoms with Crippen LogP contribution in [-0.2, 0) is 0 Å². The molecule has 1 amide bonds. The Morgan fingerprint density at radius 2 is 1.85 bits per heavy atom. The number of hydrogen-bond donors (Lipinski definition) is 1. The first-order valence-electron chi connectivity index (χ1n) is 6.38. The summed E-state index contributed by atoms with van der Waals surface area (Å²) in [6.07, 6.45) is 0. The number of thioether (sulfide) groups is 1. The van der Waals surface area contributed by atoms with Crippen molar-refractivity contribution in [1.82, 2.24) is 0 Å². The molecule has 1 N–H and O–H groups in total. The largest absolute Gasteiger partial charge is 0.322 e. The third-order valence-corrected chi connectivity index (χ3v) is 3.82. The minimum Gasteiger partial charge on any atom is -0.322 e. The third kappa shape index (κ3) is 4.29. The van der Waals surface area contributed by atoms with E-state index in [1.165, 1.54) is 0 Å². The van der Waals surface area contributed by atoms with Crippen molar-refractivity contribution in [3.63, 3.8) is 0 Å². The summed E-state index contributed by atoms with van der Waals surface area (Å²) in [7, 11) is 0. The fourth-order valence-electron chi connectivity index (χ4n) is 1.72. The van der Waals surface area contributed by atoms with Crippen molar-refractivity contribution < 1.29 is 4.79 Å². The van der Waals surface area contributed by atoms with Crippen LogP contribution in [0.5, 0.6) is 0 Å². The Morgan fingerprint density at radius 1 is 1.15 bits per heavy atom. The van der Waals surface area contributed by atoms with E-state index < -0.39 is 0 Å². The van der Waals surface area contributed by atoms with E-state index in [2.05, 4.69) is 19.2 Å². The van der Waals surface area contributed by atoms with Crippen molar-refractivity contribution in [2.24, 2.45) is 0 Å². The summed E-state index contributed by atoms with van der Waals surface area (Å²) in [5.74, 6) is -0.112. The second-order valence-corrected chi connectivity index (χ2v) is 6.74. The summed E-state index contributed by atoms with van der Waals surface area (Å²) in [5.41, 5.74) is 1.40. The molecule has 0 spiro atoms. The molecule has 0 aliphatic rings. The molecule has 0 saturated heterocycles. The van der Waals surface area contributed by atoms with Gasteiger partial charge in [-0.15, -0.1) is 11.8 Å². The van der Waals surface area contributed by atoms with Gasteiger partial charge in [0, 0.05) is 26.4 Å². The van der Waals surface area contributed by atoms with Crippen LogP contribution in [-0.4, -0.2) is 11.2 Å². The Labute approximate surface area is 128 Å². The zero-order chi connectivity index (χ0) is 14.5. The number of anilines is 1. The molecule has 4 heteroatoms. The molecule has 0 aliphatic carbocycles. The highest BCUT2D eigenvalue weighted by Gasteiger charge is 2.07. The molecule has 2 aromatic rings. The van der Waals surface area contributed by atoms with Crippen LogP contribution in [0.25, 0.3) is 0 Å². The van der Waals surface area contributed by atoms with Gasteiger partial charge in [0.2, 0.25) is 0 Å². The van der Waals surface area contributed by atoms with Crippen molar-refractivity contribution in [1.29, 1.82) is 0 Å². The van der Waals surface area contributed by atoms with E-state index in [9.17, 15) is 4.79 Å². The van der Waals surface area contributed by atoms with Gasteiger partial charge >= 0.3 is 0 Å². The van der Waals surface area contributed by atoms with Crippen molar-refractivity contribution in [3.05, 3.63) is 59.1 Å². The van der Waals surface area contributed by atoms with Gasteiger partial charge in [0.1, 0.15) is 0 Å². The van der Waals surface area contributed by atoms with E-state index in [0.29, 0.717) is 15.8 Å². The van der Waals surface area contributed by atoms with E-state index >= 15 is 0 Å². The molecule has 0 radical (unpaired) electrons. The van der Waals surface area contributed by atoms with Crippen molar-refractivity contribution in [3.8, 4) is 0 Å². The molecular weight excluding hydrogens is 290 g/mol. The average molecular weight is 306 g/mol. The van der Waals surface area contributed by atoms with Crippen molar-refractivity contribution in [2.75, 3.05) is 5.32 Å². The van der Waals surface area contributed by atoms with Crippen LogP contribution >= 0.6 is 23.4 Å². The van der Waals surface area contributed by atoms with Gasteiger partial charge in [0.25, 0.3) is 5.91 Å². The summed E-state index contributed by atoms with van der Waals surface area (Å²) < 4.78 is 0. The highest BCUT2D eigenvalue weighted by molar-refractivity contribution is 7.99. The van der Waals surface area contributed by atoms with Gasteiger partial charge in [-0.25, -0.2) is 0 Å². The first-order chi connectivity index (χ1) is 9.54. The Balaban J connectivity index is 2.10. The van der Waals surface area contributed by atoms with Gasteiger partial charge in [-0.05, 0) is 42.5 Å². The van der Waals surface area contributed by atoms with Gasteiger partial charge in [0.15, 0.2) is 0 Å². The van der Waals surface area contributed by atoms with E-state index in [1.807, 2.05) is 24.3 Å². The van der Waals surface area contributed by atoms with Crippen LogP contribution in [0.2, 0.25) is 5.02 Å². The highest BCUT2D eigenvalue weighted by atomic mass is 35.5. The summed E-state index contributed by atoms with van der Waals surface area (Å²) >= 11 is 7.56. The molecule has 0 atom stereocenters. The normalized spacial score (nSPS) is 10.6. The van der Waals surface area contributed by atoms with Crippen LogP contribution in [0, 0.1) is 0 Å². The quantitative estimate of drug-likeness (QED) is 0.797. The molecule has 0 saturated carbocycles. The number of halogens is 1. The van der Waals surface area contributed by atoms with E-state index in [1.54, 1.807) is 36.0 Å². The molecule has 0 bridgehead atoms. The maximum Gasteiger partial charge on any atom is 0.255 e. The second kappa shape index (κ2) is 6.82. The lowest BCUT2D eigenvalue weighted by Crippen LogP contribution is -2.11. The van der Waals surface area contributed by atoms with Crippen LogP contribution in [0.4, 0.5) is 5.69 Å². The van der Waals surface area contributed by atoms with E-state index in [-0.39, 0.29) is 5.91 Å². The number of rotatable bonds is 4. The molecule has 0 fully saturated rings. The molecule has 104 valence electrons. The van der Waals surface area contributed by atoms with Crippen molar-refractivity contribution in [2.45, 2.75) is 24.0 Å². The summed E-state index contributed by atoms with van der Waals surface area (Å²) in [4.78, 5) is 13.3. The Hall–Kier alpha value is -1.45. The average Bonchev–Trinajstić information content (AvgIpc) is 2.41. The molecule has 2 nitrogen and oxygen atoms in total. The van der Waals surface area contributed by atoms with Gasteiger partial charge in [-0.2, -0.15) is 0 Å². The summed E-state index contributed by atoms with van der Waals surface area (Å²) in [5, 5.41) is 4.00. The smallest absolute Gasteiger partial charge is 0.255 e. The summed E-state index contributed by atoms with van der Waals surface area (Å²) in [6.45, 7) is 4.26. The van der Waals surface area contributed by atoms with Crippen molar-refractivity contribution >= 4 is 35.0 Å². The SMILES string of the molecule is CC(C)Sc1cccc(C(=O)Nc2ccc(Cl)cc2)c1. The van der Waals surface area contributed by atoms with Gasteiger partial charge in [0.05, 0.1) is 0 Å². The molecular formula is C16H16ClNOS. The number of amides is 1. The maximum atomic E-state index is 12.2. The number of benzene rings is 2. The minimum atomic E-state index is -0.112. The molecule has 0 heterocycles. The van der Waals surface area contributed by atoms with E-state index in [4.69, 9.17) is 11.6 Å². The monoisotopic (exact) mass is 305 g/mol. The molecule has 0 aliphatic heterocycles. The molecule has 2 aromatic carbocycles. The Bertz CT molecular complexity index is 596. The van der Waals surface area contributed by atoms with Crippen LogP contribution in [0.3, 0.4) is 0 Å². The van der Waals surface area contributed by atoms with Crippen LogP contribution < -0.4 is 5.32 Å². The molecule has 0 aromatic heterocycles. The summed E-state index contributed by atoms with van der Waals surface area (Å²) in [6, 6.07) is 14.7. The second-order valence-electron chi connectivity index (χ2n) is 4.66. The fraction of sp³-hybridized carbons (Fsp3) is 0.188. The topological polar surface area (TPSA) is 29.1 Å². The Kier molecular flexibility index (Phi) is 5.10. The lowest BCUT2D eigenvalue weighted by molar-refractivity contribution is 0.102. The zero-order valence-electron chi connectivity index (χ0n) is 11.4. The van der Waals surface area contributed by atoms with Gasteiger partial charge < -0.3 is 5.32 Å². The molecule has 2 rings (SSSR count). The van der Waals surface area contributed by atoms with E-state index in [0.717, 1.165) is 10.6 Å². The number of carbonyl (C=O) groups is 1. The van der Waals surface area contributed by atoms with Crippen LogP contribution in [0.15, 0.2) is 53.4 Å². The van der Waals surface area contributed by atoms with Gasteiger partial charge in [-0.1, -0.05) is 31.5 Å². The number of nitrogens with one attached hydrogen (secondary N) is 1. The standard InChI is InChI=1S/C16H16ClNOS/c1-11(2)20-15-5-3-4-12(10-15)16(19)18-14-8-6-13(17)7-9-14/h3-11H,1-2H3,(H,18,19). The fourth-order valence-corrected chi connectivity index (χ4v) is 2.74. The first-order valence-corrected chi connectivity index (χ1v) is 7.64. The predicted octanol–water partition coefficient (Wildman–Crippen LogP) is 5.09. The van der Waals surface area contributed by atoms with Gasteiger partial charge in [-0.3, -0.25) is 4.79 Å². The Morgan fingerprint density at radius 3 is 2.50 bits per heavy atom. The minimum absolute atomic E-state index is 0.112. The zero-order valence-corrected chi connectivity index (χ0v) is 13.0.